The van der Waals surface area contributed by atoms with Crippen LogP contribution in [0.3, 0.4) is 0 Å². The summed E-state index contributed by atoms with van der Waals surface area (Å²) in [6.45, 7) is 2.64. The Labute approximate surface area is 160 Å². The monoisotopic (exact) mass is 366 g/mol. The molecule has 2 N–H and O–H groups in total. The number of piperidine rings is 1. The molecule has 3 atom stereocenters. The highest BCUT2D eigenvalue weighted by Gasteiger charge is 2.29. The Bertz CT molecular complexity index is 749. The summed E-state index contributed by atoms with van der Waals surface area (Å²) in [4.78, 5) is 24.7. The summed E-state index contributed by atoms with van der Waals surface area (Å²) in [6.07, 6.45) is 1.73. The van der Waals surface area contributed by atoms with Gasteiger partial charge in [-0.3, -0.25) is 4.79 Å². The van der Waals surface area contributed by atoms with Crippen LogP contribution < -0.4 is 10.6 Å². The van der Waals surface area contributed by atoms with Crippen LogP contribution in [-0.4, -0.2) is 30.5 Å². The summed E-state index contributed by atoms with van der Waals surface area (Å²) in [6, 6.07) is 18.8. The van der Waals surface area contributed by atoms with Gasteiger partial charge in [-0.2, -0.15) is 0 Å². The molecule has 0 saturated carbocycles. The molecule has 0 aromatic heterocycles. The second kappa shape index (κ2) is 9.33. The fourth-order valence-corrected chi connectivity index (χ4v) is 3.37. The van der Waals surface area contributed by atoms with Gasteiger partial charge in [-0.1, -0.05) is 60.7 Å². The Hall–Kier alpha value is -2.66. The predicted octanol–water partition coefficient (Wildman–Crippen LogP) is 2.77. The van der Waals surface area contributed by atoms with Crippen LogP contribution in [0.15, 0.2) is 60.7 Å². The van der Waals surface area contributed by atoms with Gasteiger partial charge in [-0.05, 0) is 43.4 Å². The van der Waals surface area contributed by atoms with E-state index in [1.165, 1.54) is 5.56 Å². The predicted molar refractivity (Wildman–Crippen MR) is 104 cm³/mol. The highest BCUT2D eigenvalue weighted by Crippen LogP contribution is 2.27. The normalized spacial score (nSPS) is 20.5. The maximum absolute atomic E-state index is 12.6. The molecule has 1 unspecified atom stereocenters. The number of amides is 1. The lowest BCUT2D eigenvalue weighted by Gasteiger charge is -2.30. The second-order valence-corrected chi connectivity index (χ2v) is 6.96. The molecule has 0 bridgehead atoms. The van der Waals surface area contributed by atoms with Gasteiger partial charge < -0.3 is 15.4 Å². The third kappa shape index (κ3) is 5.41. The van der Waals surface area contributed by atoms with Crippen molar-refractivity contribution in [1.29, 1.82) is 0 Å². The maximum atomic E-state index is 12.6. The van der Waals surface area contributed by atoms with Crippen molar-refractivity contribution in [3.63, 3.8) is 0 Å². The largest absolute Gasteiger partial charge is 0.459 e. The third-order valence-electron chi connectivity index (χ3n) is 4.93. The van der Waals surface area contributed by atoms with Gasteiger partial charge in [0, 0.05) is 0 Å². The number of carbonyl (C=O) groups is 2. The van der Waals surface area contributed by atoms with Crippen LogP contribution >= 0.6 is 0 Å². The number of hydrogen-bond donors (Lipinski definition) is 2. The molecule has 142 valence electrons. The lowest BCUT2D eigenvalue weighted by atomic mass is 9.86. The number of hydrogen-bond acceptors (Lipinski definition) is 4. The Morgan fingerprint density at radius 1 is 1.11 bits per heavy atom. The van der Waals surface area contributed by atoms with Crippen molar-refractivity contribution in [2.45, 2.75) is 44.4 Å². The molecule has 2 aromatic carbocycles. The molecular formula is C22H26N2O3. The molecule has 0 spiro atoms. The lowest BCUT2D eigenvalue weighted by molar-refractivity contribution is -0.148. The van der Waals surface area contributed by atoms with E-state index in [1.54, 1.807) is 6.92 Å². The number of ether oxygens (including phenoxy) is 1. The highest BCUT2D eigenvalue weighted by molar-refractivity contribution is 5.87. The summed E-state index contributed by atoms with van der Waals surface area (Å²) < 4.78 is 5.29. The second-order valence-electron chi connectivity index (χ2n) is 6.96. The number of carbonyl (C=O) groups excluding carboxylic acids is 2. The maximum Gasteiger partial charge on any atom is 0.328 e. The molecule has 0 radical (unpaired) electrons. The highest BCUT2D eigenvalue weighted by atomic mass is 16.5. The molecule has 5 nitrogen and oxygen atoms in total. The van der Waals surface area contributed by atoms with E-state index in [2.05, 4.69) is 22.8 Å². The van der Waals surface area contributed by atoms with Crippen LogP contribution in [0, 0.1) is 0 Å². The fourth-order valence-electron chi connectivity index (χ4n) is 3.37. The lowest BCUT2D eigenvalue weighted by Crippen LogP contribution is -2.52. The summed E-state index contributed by atoms with van der Waals surface area (Å²) in [5.74, 6) is -0.231. The standard InChI is InChI=1S/C22H26N2O3/c1-16(22(26)27-15-17-8-4-2-5-9-17)24-21(25)20-14-19(12-13-23-20)18-10-6-3-7-11-18/h2-11,16,19-20,23H,12-15H2,1H3,(H,24,25)/t16?,19-,20+/m0/s1. The number of rotatable bonds is 6. The molecular weight excluding hydrogens is 340 g/mol. The van der Waals surface area contributed by atoms with Crippen LogP contribution in [0.5, 0.6) is 0 Å². The van der Waals surface area contributed by atoms with Crippen LogP contribution in [0.1, 0.15) is 36.8 Å². The zero-order chi connectivity index (χ0) is 19.1. The summed E-state index contributed by atoms with van der Waals surface area (Å²) >= 11 is 0. The van der Waals surface area contributed by atoms with Crippen LogP contribution in [0.4, 0.5) is 0 Å². The quantitative estimate of drug-likeness (QED) is 0.772. The third-order valence-corrected chi connectivity index (χ3v) is 4.93. The van der Waals surface area contributed by atoms with Gasteiger partial charge in [0.2, 0.25) is 5.91 Å². The molecule has 5 heteroatoms. The first-order valence-corrected chi connectivity index (χ1v) is 9.42. The van der Waals surface area contributed by atoms with Crippen molar-refractivity contribution in [3.8, 4) is 0 Å². The summed E-state index contributed by atoms with van der Waals surface area (Å²) in [7, 11) is 0. The van der Waals surface area contributed by atoms with Crippen molar-refractivity contribution in [3.05, 3.63) is 71.8 Å². The summed E-state index contributed by atoms with van der Waals surface area (Å²) in [5, 5.41) is 6.04. The van der Waals surface area contributed by atoms with Gasteiger partial charge in [0.1, 0.15) is 12.6 Å². The van der Waals surface area contributed by atoms with E-state index in [4.69, 9.17) is 4.74 Å². The molecule has 1 aliphatic rings. The Balaban J connectivity index is 1.49. The molecule has 1 fully saturated rings. The van der Waals surface area contributed by atoms with Gasteiger partial charge in [-0.25, -0.2) is 4.79 Å². The molecule has 1 heterocycles. The fraction of sp³-hybridized carbons (Fsp3) is 0.364. The van der Waals surface area contributed by atoms with E-state index in [9.17, 15) is 9.59 Å². The van der Waals surface area contributed by atoms with Crippen molar-refractivity contribution in [1.82, 2.24) is 10.6 Å². The average molecular weight is 366 g/mol. The molecule has 1 aliphatic heterocycles. The number of benzene rings is 2. The van der Waals surface area contributed by atoms with Gasteiger partial charge >= 0.3 is 5.97 Å². The minimum Gasteiger partial charge on any atom is -0.459 e. The SMILES string of the molecule is CC(NC(=O)[C@H]1C[C@@H](c2ccccc2)CCN1)C(=O)OCc1ccccc1. The van der Waals surface area contributed by atoms with E-state index < -0.39 is 12.0 Å². The minimum absolute atomic E-state index is 0.153. The van der Waals surface area contributed by atoms with Crippen molar-refractivity contribution < 1.29 is 14.3 Å². The van der Waals surface area contributed by atoms with Gasteiger partial charge in [0.05, 0.1) is 6.04 Å². The number of nitrogens with one attached hydrogen (secondary N) is 2. The van der Waals surface area contributed by atoms with E-state index in [-0.39, 0.29) is 18.6 Å². The molecule has 0 aliphatic carbocycles. The van der Waals surface area contributed by atoms with E-state index in [1.807, 2.05) is 48.5 Å². The zero-order valence-corrected chi connectivity index (χ0v) is 15.6. The van der Waals surface area contributed by atoms with Crippen LogP contribution in [0.2, 0.25) is 0 Å². The molecule has 2 aromatic rings. The average Bonchev–Trinajstić information content (AvgIpc) is 2.73. The Morgan fingerprint density at radius 2 is 1.78 bits per heavy atom. The first-order chi connectivity index (χ1) is 13.1. The Morgan fingerprint density at radius 3 is 2.48 bits per heavy atom. The van der Waals surface area contributed by atoms with Crippen molar-refractivity contribution >= 4 is 11.9 Å². The van der Waals surface area contributed by atoms with Crippen LogP contribution in [-0.2, 0) is 20.9 Å². The molecule has 1 saturated heterocycles. The molecule has 3 rings (SSSR count). The smallest absolute Gasteiger partial charge is 0.328 e. The first-order valence-electron chi connectivity index (χ1n) is 9.42. The van der Waals surface area contributed by atoms with Gasteiger partial charge in [-0.15, -0.1) is 0 Å². The topological polar surface area (TPSA) is 67.4 Å². The molecule has 27 heavy (non-hydrogen) atoms. The van der Waals surface area contributed by atoms with Crippen molar-refractivity contribution in [2.75, 3.05) is 6.54 Å². The molecule has 1 amide bonds. The van der Waals surface area contributed by atoms with Gasteiger partial charge in [0.25, 0.3) is 0 Å². The first kappa shape index (κ1) is 19.1. The Kier molecular flexibility index (Phi) is 6.60. The van der Waals surface area contributed by atoms with E-state index in [0.29, 0.717) is 5.92 Å². The summed E-state index contributed by atoms with van der Waals surface area (Å²) in [5.41, 5.74) is 2.18. The van der Waals surface area contributed by atoms with Crippen LogP contribution in [0.25, 0.3) is 0 Å². The van der Waals surface area contributed by atoms with Crippen molar-refractivity contribution in [2.24, 2.45) is 0 Å². The zero-order valence-electron chi connectivity index (χ0n) is 15.6. The van der Waals surface area contributed by atoms with Gasteiger partial charge in [0.15, 0.2) is 0 Å². The van der Waals surface area contributed by atoms with E-state index in [0.717, 1.165) is 24.9 Å². The minimum atomic E-state index is -0.680. The number of esters is 1. The van der Waals surface area contributed by atoms with E-state index >= 15 is 0 Å².